The van der Waals surface area contributed by atoms with Gasteiger partial charge in [0, 0.05) is 36.3 Å². The fourth-order valence-corrected chi connectivity index (χ4v) is 2.47. The van der Waals surface area contributed by atoms with Crippen LogP contribution in [-0.2, 0) is 13.6 Å². The van der Waals surface area contributed by atoms with Crippen LogP contribution in [0.3, 0.4) is 0 Å². The molecular formula is C12H17N3S. The summed E-state index contributed by atoms with van der Waals surface area (Å²) in [5.74, 6) is 0. The van der Waals surface area contributed by atoms with Crippen molar-refractivity contribution in [2.45, 2.75) is 26.4 Å². The third kappa shape index (κ3) is 2.51. The Bertz CT molecular complexity index is 458. The molecule has 1 N–H and O–H groups in total. The molecule has 1 atom stereocenters. The minimum absolute atomic E-state index is 0.343. The quantitative estimate of drug-likeness (QED) is 0.883. The first-order chi connectivity index (χ1) is 7.66. The van der Waals surface area contributed by atoms with Gasteiger partial charge in [0.1, 0.15) is 0 Å². The molecule has 4 heteroatoms. The summed E-state index contributed by atoms with van der Waals surface area (Å²) in [5, 5.41) is 9.83. The van der Waals surface area contributed by atoms with Gasteiger partial charge in [-0.2, -0.15) is 5.10 Å². The van der Waals surface area contributed by atoms with Crippen LogP contribution >= 0.6 is 11.3 Å². The predicted molar refractivity (Wildman–Crippen MR) is 67.5 cm³/mol. The van der Waals surface area contributed by atoms with Crippen molar-refractivity contribution in [3.05, 3.63) is 39.8 Å². The summed E-state index contributed by atoms with van der Waals surface area (Å²) in [7, 11) is 1.94. The van der Waals surface area contributed by atoms with E-state index in [1.165, 1.54) is 16.0 Å². The van der Waals surface area contributed by atoms with Crippen molar-refractivity contribution < 1.29 is 0 Å². The first-order valence-corrected chi connectivity index (χ1v) is 6.29. The standard InChI is InChI=1S/C12H17N3S/c1-9-4-5-16-12(9)7-13-10(2)11-6-14-15(3)8-11/h4-6,8,10,13H,7H2,1-3H3. The number of nitrogens with one attached hydrogen (secondary N) is 1. The van der Waals surface area contributed by atoms with Gasteiger partial charge in [-0.25, -0.2) is 0 Å². The predicted octanol–water partition coefficient (Wildman–Crippen LogP) is 2.64. The summed E-state index contributed by atoms with van der Waals surface area (Å²) in [6, 6.07) is 2.51. The molecule has 3 nitrogen and oxygen atoms in total. The van der Waals surface area contributed by atoms with Gasteiger partial charge in [-0.3, -0.25) is 4.68 Å². The number of rotatable bonds is 4. The van der Waals surface area contributed by atoms with Crippen molar-refractivity contribution in [3.63, 3.8) is 0 Å². The maximum Gasteiger partial charge on any atom is 0.0537 e. The minimum Gasteiger partial charge on any atom is -0.305 e. The lowest BCUT2D eigenvalue weighted by atomic mass is 10.2. The average Bonchev–Trinajstić information content (AvgIpc) is 2.84. The van der Waals surface area contributed by atoms with E-state index in [1.54, 1.807) is 0 Å². The Morgan fingerprint density at radius 1 is 1.56 bits per heavy atom. The zero-order chi connectivity index (χ0) is 11.5. The Labute approximate surface area is 100 Å². The summed E-state index contributed by atoms with van der Waals surface area (Å²) >= 11 is 1.81. The van der Waals surface area contributed by atoms with E-state index in [9.17, 15) is 0 Å². The molecule has 0 aromatic carbocycles. The highest BCUT2D eigenvalue weighted by molar-refractivity contribution is 7.10. The van der Waals surface area contributed by atoms with Gasteiger partial charge in [-0.05, 0) is 30.9 Å². The number of nitrogens with zero attached hydrogens (tertiary/aromatic N) is 2. The lowest BCUT2D eigenvalue weighted by molar-refractivity contribution is 0.577. The van der Waals surface area contributed by atoms with E-state index < -0.39 is 0 Å². The third-order valence-electron chi connectivity index (χ3n) is 2.76. The fourth-order valence-electron chi connectivity index (χ4n) is 1.61. The van der Waals surface area contributed by atoms with E-state index in [0.717, 1.165) is 6.54 Å². The van der Waals surface area contributed by atoms with Gasteiger partial charge in [0.15, 0.2) is 0 Å². The normalized spacial score (nSPS) is 12.9. The van der Waals surface area contributed by atoms with Crippen LogP contribution in [-0.4, -0.2) is 9.78 Å². The van der Waals surface area contributed by atoms with Crippen LogP contribution in [0.25, 0.3) is 0 Å². The zero-order valence-corrected chi connectivity index (χ0v) is 10.7. The third-order valence-corrected chi connectivity index (χ3v) is 3.78. The van der Waals surface area contributed by atoms with Crippen LogP contribution in [0.2, 0.25) is 0 Å². The molecule has 0 radical (unpaired) electrons. The van der Waals surface area contributed by atoms with E-state index in [-0.39, 0.29) is 0 Å². The van der Waals surface area contributed by atoms with E-state index >= 15 is 0 Å². The van der Waals surface area contributed by atoms with Crippen molar-refractivity contribution >= 4 is 11.3 Å². The second-order valence-electron chi connectivity index (χ2n) is 4.08. The van der Waals surface area contributed by atoms with E-state index in [4.69, 9.17) is 0 Å². The van der Waals surface area contributed by atoms with Gasteiger partial charge >= 0.3 is 0 Å². The van der Waals surface area contributed by atoms with Crippen LogP contribution in [0, 0.1) is 6.92 Å². The highest BCUT2D eigenvalue weighted by Gasteiger charge is 2.07. The van der Waals surface area contributed by atoms with Gasteiger partial charge in [-0.1, -0.05) is 0 Å². The summed E-state index contributed by atoms with van der Waals surface area (Å²) in [6.07, 6.45) is 3.97. The van der Waals surface area contributed by atoms with Crippen molar-refractivity contribution in [3.8, 4) is 0 Å². The number of hydrogen-bond donors (Lipinski definition) is 1. The van der Waals surface area contributed by atoms with Crippen molar-refractivity contribution in [2.75, 3.05) is 0 Å². The molecule has 2 rings (SSSR count). The summed E-state index contributed by atoms with van der Waals surface area (Å²) < 4.78 is 1.84. The average molecular weight is 235 g/mol. The molecule has 1 unspecified atom stereocenters. The number of thiophene rings is 1. The smallest absolute Gasteiger partial charge is 0.0537 e. The van der Waals surface area contributed by atoms with Crippen molar-refractivity contribution in [2.24, 2.45) is 7.05 Å². The Kier molecular flexibility index (Phi) is 3.41. The van der Waals surface area contributed by atoms with Gasteiger partial charge < -0.3 is 5.32 Å². The Morgan fingerprint density at radius 3 is 2.94 bits per heavy atom. The Morgan fingerprint density at radius 2 is 2.38 bits per heavy atom. The summed E-state index contributed by atoms with van der Waals surface area (Å²) in [6.45, 7) is 5.25. The first-order valence-electron chi connectivity index (χ1n) is 5.41. The van der Waals surface area contributed by atoms with E-state index in [2.05, 4.69) is 41.9 Å². The van der Waals surface area contributed by atoms with Gasteiger partial charge in [0.05, 0.1) is 6.20 Å². The van der Waals surface area contributed by atoms with Crippen LogP contribution in [0.15, 0.2) is 23.8 Å². The van der Waals surface area contributed by atoms with Gasteiger partial charge in [-0.15, -0.1) is 11.3 Å². The van der Waals surface area contributed by atoms with Crippen LogP contribution in [0.1, 0.15) is 29.0 Å². The molecule has 2 aromatic heterocycles. The van der Waals surface area contributed by atoms with E-state index in [0.29, 0.717) is 6.04 Å². The van der Waals surface area contributed by atoms with E-state index in [1.807, 2.05) is 29.3 Å². The number of aromatic nitrogens is 2. The van der Waals surface area contributed by atoms with Crippen LogP contribution in [0.4, 0.5) is 0 Å². The monoisotopic (exact) mass is 235 g/mol. The molecule has 0 aliphatic heterocycles. The molecule has 0 saturated carbocycles. The molecular weight excluding hydrogens is 218 g/mol. The number of aryl methyl sites for hydroxylation is 2. The van der Waals surface area contributed by atoms with Gasteiger partial charge in [0.25, 0.3) is 0 Å². The van der Waals surface area contributed by atoms with Crippen LogP contribution in [0.5, 0.6) is 0 Å². The molecule has 2 aromatic rings. The van der Waals surface area contributed by atoms with Crippen LogP contribution < -0.4 is 5.32 Å². The molecule has 86 valence electrons. The maximum atomic E-state index is 4.18. The Balaban J connectivity index is 1.93. The van der Waals surface area contributed by atoms with Gasteiger partial charge in [0.2, 0.25) is 0 Å². The highest BCUT2D eigenvalue weighted by atomic mass is 32.1. The van der Waals surface area contributed by atoms with Crippen molar-refractivity contribution in [1.82, 2.24) is 15.1 Å². The highest BCUT2D eigenvalue weighted by Crippen LogP contribution is 2.17. The molecule has 0 amide bonds. The molecule has 0 spiro atoms. The number of hydrogen-bond acceptors (Lipinski definition) is 3. The molecule has 0 aliphatic rings. The lowest BCUT2D eigenvalue weighted by Gasteiger charge is -2.11. The second-order valence-corrected chi connectivity index (χ2v) is 5.08. The maximum absolute atomic E-state index is 4.18. The molecule has 0 bridgehead atoms. The molecule has 0 saturated heterocycles. The molecule has 2 heterocycles. The topological polar surface area (TPSA) is 29.9 Å². The minimum atomic E-state index is 0.343. The molecule has 16 heavy (non-hydrogen) atoms. The largest absolute Gasteiger partial charge is 0.305 e. The first kappa shape index (κ1) is 11.4. The summed E-state index contributed by atoms with van der Waals surface area (Å²) in [4.78, 5) is 1.41. The SMILES string of the molecule is Cc1ccsc1CNC(C)c1cnn(C)c1. The Hall–Kier alpha value is -1.13. The molecule has 0 aliphatic carbocycles. The summed E-state index contributed by atoms with van der Waals surface area (Å²) in [5.41, 5.74) is 2.60. The molecule has 0 fully saturated rings. The lowest BCUT2D eigenvalue weighted by Crippen LogP contribution is -2.17. The zero-order valence-electron chi connectivity index (χ0n) is 9.90. The second kappa shape index (κ2) is 4.80. The van der Waals surface area contributed by atoms with Crippen molar-refractivity contribution in [1.29, 1.82) is 0 Å². The fraction of sp³-hybridized carbons (Fsp3) is 0.417.